The van der Waals surface area contributed by atoms with E-state index in [9.17, 15) is 4.79 Å². The van der Waals surface area contributed by atoms with Gasteiger partial charge in [0.25, 0.3) is 0 Å². The quantitative estimate of drug-likeness (QED) is 0.794. The highest BCUT2D eigenvalue weighted by molar-refractivity contribution is 6.33. The molecule has 0 radical (unpaired) electrons. The van der Waals surface area contributed by atoms with Gasteiger partial charge in [0.2, 0.25) is 5.91 Å². The summed E-state index contributed by atoms with van der Waals surface area (Å²) in [6.45, 7) is 5.63. The molecule has 0 aliphatic carbocycles. The number of para-hydroxylation sites is 1. The Morgan fingerprint density at radius 1 is 1.43 bits per heavy atom. The van der Waals surface area contributed by atoms with E-state index in [2.05, 4.69) is 23.2 Å². The Bertz CT molecular complexity index is 484. The van der Waals surface area contributed by atoms with Crippen molar-refractivity contribution in [3.63, 3.8) is 0 Å². The van der Waals surface area contributed by atoms with Crippen molar-refractivity contribution in [2.24, 2.45) is 11.7 Å². The van der Waals surface area contributed by atoms with Crippen molar-refractivity contribution in [1.29, 1.82) is 0 Å². The number of anilines is 1. The summed E-state index contributed by atoms with van der Waals surface area (Å²) < 4.78 is 0. The largest absolute Gasteiger partial charge is 0.370 e. The molecule has 21 heavy (non-hydrogen) atoms. The third-order valence-corrected chi connectivity index (χ3v) is 4.33. The predicted molar refractivity (Wildman–Crippen MR) is 87.6 cm³/mol. The van der Waals surface area contributed by atoms with Crippen LogP contribution in [0.2, 0.25) is 5.02 Å². The third kappa shape index (κ3) is 4.11. The molecule has 4 nitrogen and oxygen atoms in total. The molecular formula is C16H24ClN3O. The standard InChI is InChI=1S/C16H24ClN3O/c1-2-8-19-11-13-4-3-5-14(17)15(13)20-9-6-12(7-10-20)16(18)21/h3-5,12,19H,2,6-11H2,1H3,(H2,18,21). The third-order valence-electron chi connectivity index (χ3n) is 4.03. The lowest BCUT2D eigenvalue weighted by Crippen LogP contribution is -2.39. The zero-order valence-corrected chi connectivity index (χ0v) is 13.3. The van der Waals surface area contributed by atoms with Crippen LogP contribution in [0.15, 0.2) is 18.2 Å². The molecule has 0 spiro atoms. The maximum absolute atomic E-state index is 11.3. The number of hydrogen-bond donors (Lipinski definition) is 2. The molecular weight excluding hydrogens is 286 g/mol. The number of primary amides is 1. The molecule has 1 aliphatic rings. The van der Waals surface area contributed by atoms with Crippen LogP contribution < -0.4 is 16.0 Å². The van der Waals surface area contributed by atoms with E-state index in [1.165, 1.54) is 5.56 Å². The monoisotopic (exact) mass is 309 g/mol. The van der Waals surface area contributed by atoms with Crippen molar-refractivity contribution in [1.82, 2.24) is 5.32 Å². The van der Waals surface area contributed by atoms with E-state index in [4.69, 9.17) is 17.3 Å². The molecule has 0 bridgehead atoms. The maximum atomic E-state index is 11.3. The lowest BCUT2D eigenvalue weighted by Gasteiger charge is -2.34. The highest BCUT2D eigenvalue weighted by atomic mass is 35.5. The molecule has 3 N–H and O–H groups in total. The number of nitrogens with two attached hydrogens (primary N) is 1. The molecule has 1 aromatic rings. The number of amides is 1. The minimum atomic E-state index is -0.182. The first-order valence-corrected chi connectivity index (χ1v) is 8.03. The molecule has 0 unspecified atom stereocenters. The van der Waals surface area contributed by atoms with Gasteiger partial charge in [0.15, 0.2) is 0 Å². The molecule has 0 aromatic heterocycles. The molecule has 5 heteroatoms. The Labute approximate surface area is 131 Å². The Hall–Kier alpha value is -1.26. The summed E-state index contributed by atoms with van der Waals surface area (Å²) in [5.74, 6) is -0.177. The van der Waals surface area contributed by atoms with Crippen molar-refractivity contribution in [3.8, 4) is 0 Å². The van der Waals surface area contributed by atoms with Crippen molar-refractivity contribution in [3.05, 3.63) is 28.8 Å². The van der Waals surface area contributed by atoms with E-state index < -0.39 is 0 Å². The topological polar surface area (TPSA) is 58.4 Å². The minimum Gasteiger partial charge on any atom is -0.370 e. The summed E-state index contributed by atoms with van der Waals surface area (Å²) in [6, 6.07) is 6.04. The Morgan fingerprint density at radius 2 is 2.14 bits per heavy atom. The fraction of sp³-hybridized carbons (Fsp3) is 0.562. The molecule has 1 saturated heterocycles. The van der Waals surface area contributed by atoms with Gasteiger partial charge in [0.05, 0.1) is 10.7 Å². The Balaban J connectivity index is 2.10. The number of carbonyl (C=O) groups is 1. The second-order valence-corrected chi connectivity index (χ2v) is 6.00. The molecule has 1 fully saturated rings. The van der Waals surface area contributed by atoms with Crippen LogP contribution in [0.1, 0.15) is 31.7 Å². The van der Waals surface area contributed by atoms with Crippen molar-refractivity contribution in [2.45, 2.75) is 32.7 Å². The smallest absolute Gasteiger partial charge is 0.220 e. The van der Waals surface area contributed by atoms with E-state index in [1.807, 2.05) is 12.1 Å². The van der Waals surface area contributed by atoms with Gasteiger partial charge >= 0.3 is 0 Å². The van der Waals surface area contributed by atoms with Crippen molar-refractivity contribution >= 4 is 23.2 Å². The van der Waals surface area contributed by atoms with Gasteiger partial charge in [-0.25, -0.2) is 0 Å². The first-order chi connectivity index (χ1) is 10.1. The lowest BCUT2D eigenvalue weighted by molar-refractivity contribution is -0.122. The van der Waals surface area contributed by atoms with Crippen molar-refractivity contribution in [2.75, 3.05) is 24.5 Å². The van der Waals surface area contributed by atoms with Gasteiger partial charge in [-0.15, -0.1) is 0 Å². The van der Waals surface area contributed by atoms with E-state index >= 15 is 0 Å². The highest BCUT2D eigenvalue weighted by Crippen LogP contribution is 2.33. The number of rotatable bonds is 6. The lowest BCUT2D eigenvalue weighted by atomic mass is 9.95. The fourth-order valence-corrected chi connectivity index (χ4v) is 3.16. The van der Waals surface area contributed by atoms with Crippen LogP contribution in [0.25, 0.3) is 0 Å². The molecule has 1 heterocycles. The summed E-state index contributed by atoms with van der Waals surface area (Å²) in [4.78, 5) is 13.6. The molecule has 116 valence electrons. The Kier molecular flexibility index (Phi) is 5.88. The number of benzene rings is 1. The number of hydrogen-bond acceptors (Lipinski definition) is 3. The van der Waals surface area contributed by atoms with Gasteiger partial charge in [-0.2, -0.15) is 0 Å². The SMILES string of the molecule is CCCNCc1cccc(Cl)c1N1CCC(C(N)=O)CC1. The van der Waals surface area contributed by atoms with Crippen LogP contribution in [0.3, 0.4) is 0 Å². The first kappa shape index (κ1) is 16.1. The van der Waals surface area contributed by atoms with E-state index in [-0.39, 0.29) is 11.8 Å². The Morgan fingerprint density at radius 3 is 2.76 bits per heavy atom. The number of nitrogens with one attached hydrogen (secondary N) is 1. The fourth-order valence-electron chi connectivity index (χ4n) is 2.84. The van der Waals surface area contributed by atoms with Crippen LogP contribution in [-0.4, -0.2) is 25.5 Å². The predicted octanol–water partition coefficient (Wildman–Crippen LogP) is 2.54. The first-order valence-electron chi connectivity index (χ1n) is 7.65. The summed E-state index contributed by atoms with van der Waals surface area (Å²) in [6.07, 6.45) is 2.73. The van der Waals surface area contributed by atoms with Crippen LogP contribution in [-0.2, 0) is 11.3 Å². The van der Waals surface area contributed by atoms with Crippen LogP contribution in [0.5, 0.6) is 0 Å². The number of carbonyl (C=O) groups excluding carboxylic acids is 1. The molecule has 1 amide bonds. The van der Waals surface area contributed by atoms with E-state index in [0.717, 1.165) is 56.2 Å². The molecule has 0 saturated carbocycles. The van der Waals surface area contributed by atoms with Gasteiger partial charge in [-0.1, -0.05) is 30.7 Å². The average Bonchev–Trinajstić information content (AvgIpc) is 2.48. The second-order valence-electron chi connectivity index (χ2n) is 5.59. The average molecular weight is 310 g/mol. The van der Waals surface area contributed by atoms with Crippen LogP contribution in [0.4, 0.5) is 5.69 Å². The van der Waals surface area contributed by atoms with Crippen LogP contribution >= 0.6 is 11.6 Å². The van der Waals surface area contributed by atoms with Crippen LogP contribution in [0, 0.1) is 5.92 Å². The zero-order chi connectivity index (χ0) is 15.2. The van der Waals surface area contributed by atoms with Gasteiger partial charge in [0.1, 0.15) is 0 Å². The van der Waals surface area contributed by atoms with Gasteiger partial charge in [-0.05, 0) is 37.4 Å². The molecule has 2 rings (SSSR count). The molecule has 1 aliphatic heterocycles. The molecule has 1 aromatic carbocycles. The summed E-state index contributed by atoms with van der Waals surface area (Å²) in [5.41, 5.74) is 7.72. The normalized spacial score (nSPS) is 16.2. The summed E-state index contributed by atoms with van der Waals surface area (Å²) in [7, 11) is 0. The summed E-state index contributed by atoms with van der Waals surface area (Å²) in [5, 5.41) is 4.21. The second kappa shape index (κ2) is 7.66. The van der Waals surface area contributed by atoms with Gasteiger partial charge < -0.3 is 16.0 Å². The summed E-state index contributed by atoms with van der Waals surface area (Å²) >= 11 is 6.41. The number of halogens is 1. The maximum Gasteiger partial charge on any atom is 0.220 e. The number of nitrogens with zero attached hydrogens (tertiary/aromatic N) is 1. The van der Waals surface area contributed by atoms with E-state index in [1.54, 1.807) is 0 Å². The van der Waals surface area contributed by atoms with E-state index in [0.29, 0.717) is 0 Å². The zero-order valence-electron chi connectivity index (χ0n) is 12.6. The van der Waals surface area contributed by atoms with Gasteiger partial charge in [0, 0.05) is 25.6 Å². The van der Waals surface area contributed by atoms with Gasteiger partial charge in [-0.3, -0.25) is 4.79 Å². The highest BCUT2D eigenvalue weighted by Gasteiger charge is 2.25. The van der Waals surface area contributed by atoms with Crippen molar-refractivity contribution < 1.29 is 4.79 Å². The minimum absolute atomic E-state index is 0.00500. The number of piperidine rings is 1. The molecule has 0 atom stereocenters.